The first kappa shape index (κ1) is 19.8. The van der Waals surface area contributed by atoms with E-state index in [0.717, 1.165) is 5.57 Å². The Labute approximate surface area is 156 Å². The lowest BCUT2D eigenvalue weighted by Crippen LogP contribution is -2.34. The first-order valence-electron chi connectivity index (χ1n) is 8.07. The molecule has 2 amide bonds. The summed E-state index contributed by atoms with van der Waals surface area (Å²) in [7, 11) is 2.99. The van der Waals surface area contributed by atoms with Gasteiger partial charge >= 0.3 is 0 Å². The lowest BCUT2D eigenvalue weighted by Gasteiger charge is -2.09. The number of nitrogens with zero attached hydrogens (tertiary/aromatic N) is 1. The van der Waals surface area contributed by atoms with E-state index in [4.69, 9.17) is 13.9 Å². The summed E-state index contributed by atoms with van der Waals surface area (Å²) in [6.07, 6.45) is 4.82. The first-order chi connectivity index (χ1) is 13.0. The van der Waals surface area contributed by atoms with Crippen LogP contribution in [-0.2, 0) is 4.79 Å². The van der Waals surface area contributed by atoms with Crippen LogP contribution in [0.15, 0.2) is 51.7 Å². The maximum Gasteiger partial charge on any atom is 0.259 e. The zero-order chi connectivity index (χ0) is 19.6. The molecule has 0 aliphatic carbocycles. The Morgan fingerprint density at radius 2 is 1.96 bits per heavy atom. The van der Waals surface area contributed by atoms with Crippen LogP contribution in [0, 0.1) is 0 Å². The molecule has 8 nitrogen and oxygen atoms in total. The van der Waals surface area contributed by atoms with Gasteiger partial charge in [-0.25, -0.2) is 5.43 Å². The molecule has 0 saturated carbocycles. The van der Waals surface area contributed by atoms with E-state index in [-0.39, 0.29) is 6.54 Å². The van der Waals surface area contributed by atoms with Gasteiger partial charge in [0.15, 0.2) is 11.5 Å². The molecule has 1 aromatic heterocycles. The van der Waals surface area contributed by atoms with E-state index < -0.39 is 11.8 Å². The Morgan fingerprint density at radius 3 is 2.63 bits per heavy atom. The molecule has 0 aliphatic rings. The van der Waals surface area contributed by atoms with Gasteiger partial charge in [-0.1, -0.05) is 0 Å². The molecule has 0 radical (unpaired) electrons. The van der Waals surface area contributed by atoms with Crippen LogP contribution in [0.1, 0.15) is 23.0 Å². The minimum atomic E-state index is -0.453. The highest BCUT2D eigenvalue weighted by atomic mass is 16.5. The largest absolute Gasteiger partial charge is 0.493 e. The number of benzene rings is 1. The molecule has 0 atom stereocenters. The SMILES string of the molecule is COc1ccc(C(=O)NCC(=O)N/N=C\C(C)=C\c2ccco2)cc1OC. The van der Waals surface area contributed by atoms with E-state index in [1.165, 1.54) is 26.5 Å². The van der Waals surface area contributed by atoms with Crippen molar-refractivity contribution in [1.82, 2.24) is 10.7 Å². The smallest absolute Gasteiger partial charge is 0.259 e. The van der Waals surface area contributed by atoms with Crippen molar-refractivity contribution in [2.75, 3.05) is 20.8 Å². The molecule has 2 N–H and O–H groups in total. The molecule has 0 bridgehead atoms. The number of amides is 2. The fraction of sp³-hybridized carbons (Fsp3) is 0.211. The van der Waals surface area contributed by atoms with Gasteiger partial charge in [-0.2, -0.15) is 5.10 Å². The number of rotatable bonds is 8. The minimum absolute atomic E-state index is 0.217. The Bertz CT molecular complexity index is 841. The van der Waals surface area contributed by atoms with E-state index in [0.29, 0.717) is 22.8 Å². The second-order valence-electron chi connectivity index (χ2n) is 5.45. The van der Waals surface area contributed by atoms with Gasteiger partial charge in [0, 0.05) is 5.56 Å². The fourth-order valence-corrected chi connectivity index (χ4v) is 2.12. The predicted molar refractivity (Wildman–Crippen MR) is 101 cm³/mol. The Morgan fingerprint density at radius 1 is 1.19 bits per heavy atom. The van der Waals surface area contributed by atoms with Crippen LogP contribution in [-0.4, -0.2) is 38.8 Å². The molecule has 0 saturated heterocycles. The van der Waals surface area contributed by atoms with Crippen molar-refractivity contribution >= 4 is 24.1 Å². The molecule has 0 aliphatic heterocycles. The summed E-state index contributed by atoms with van der Waals surface area (Å²) in [5.74, 6) is 0.763. The van der Waals surface area contributed by atoms with Gasteiger partial charge in [-0.15, -0.1) is 0 Å². The van der Waals surface area contributed by atoms with E-state index in [1.807, 2.05) is 6.92 Å². The Kier molecular flexibility index (Phi) is 7.18. The van der Waals surface area contributed by atoms with E-state index in [1.54, 1.807) is 36.6 Å². The van der Waals surface area contributed by atoms with Crippen LogP contribution in [0.25, 0.3) is 6.08 Å². The van der Waals surface area contributed by atoms with E-state index in [9.17, 15) is 9.59 Å². The van der Waals surface area contributed by atoms with Crippen LogP contribution in [0.3, 0.4) is 0 Å². The average Bonchev–Trinajstić information content (AvgIpc) is 3.18. The topological polar surface area (TPSA) is 102 Å². The zero-order valence-electron chi connectivity index (χ0n) is 15.3. The molecule has 1 heterocycles. The second kappa shape index (κ2) is 9.81. The highest BCUT2D eigenvalue weighted by Gasteiger charge is 2.11. The van der Waals surface area contributed by atoms with Crippen molar-refractivity contribution in [3.05, 3.63) is 53.5 Å². The number of hydrazone groups is 1. The zero-order valence-corrected chi connectivity index (χ0v) is 15.3. The monoisotopic (exact) mass is 371 g/mol. The van der Waals surface area contributed by atoms with Gasteiger partial charge in [0.25, 0.3) is 11.8 Å². The number of allylic oxidation sites excluding steroid dienone is 1. The molecule has 0 spiro atoms. The lowest BCUT2D eigenvalue weighted by atomic mass is 10.2. The quantitative estimate of drug-likeness (QED) is 0.547. The molecule has 1 aromatic carbocycles. The minimum Gasteiger partial charge on any atom is -0.493 e. The number of hydrogen-bond acceptors (Lipinski definition) is 6. The third-order valence-electron chi connectivity index (χ3n) is 3.43. The van der Waals surface area contributed by atoms with Crippen molar-refractivity contribution in [3.8, 4) is 11.5 Å². The summed E-state index contributed by atoms with van der Waals surface area (Å²) in [5.41, 5.74) is 3.48. The Hall–Kier alpha value is -3.55. The summed E-state index contributed by atoms with van der Waals surface area (Å²) < 4.78 is 15.4. The van der Waals surface area contributed by atoms with Gasteiger partial charge in [0.2, 0.25) is 0 Å². The van der Waals surface area contributed by atoms with Crippen molar-refractivity contribution < 1.29 is 23.5 Å². The summed E-state index contributed by atoms with van der Waals surface area (Å²) in [6.45, 7) is 1.60. The molecule has 0 unspecified atom stereocenters. The molecule has 8 heteroatoms. The van der Waals surface area contributed by atoms with E-state index in [2.05, 4.69) is 15.8 Å². The van der Waals surface area contributed by atoms with Gasteiger partial charge in [-0.05, 0) is 48.9 Å². The second-order valence-corrected chi connectivity index (χ2v) is 5.45. The number of nitrogens with one attached hydrogen (secondary N) is 2. The van der Waals surface area contributed by atoms with Crippen LogP contribution in [0.5, 0.6) is 11.5 Å². The molecule has 142 valence electrons. The predicted octanol–water partition coefficient (Wildman–Crippen LogP) is 2.23. The van der Waals surface area contributed by atoms with Crippen molar-refractivity contribution in [2.24, 2.45) is 5.10 Å². The highest BCUT2D eigenvalue weighted by molar-refractivity contribution is 5.97. The van der Waals surface area contributed by atoms with Gasteiger partial charge in [0.05, 0.1) is 33.2 Å². The summed E-state index contributed by atoms with van der Waals surface area (Å²) >= 11 is 0. The highest BCUT2D eigenvalue weighted by Crippen LogP contribution is 2.27. The standard InChI is InChI=1S/C19H21N3O5/c1-13(9-15-5-4-8-27-15)11-21-22-18(23)12-20-19(24)14-6-7-16(25-2)17(10-14)26-3/h4-11H,12H2,1-3H3,(H,20,24)(H,22,23)/b13-9+,21-11-. The normalized spacial score (nSPS) is 11.3. The summed E-state index contributed by atoms with van der Waals surface area (Å²) in [5, 5.41) is 6.34. The van der Waals surface area contributed by atoms with Gasteiger partial charge in [0.1, 0.15) is 5.76 Å². The molecular weight excluding hydrogens is 350 g/mol. The van der Waals surface area contributed by atoms with Crippen LogP contribution in [0.4, 0.5) is 0 Å². The molecule has 27 heavy (non-hydrogen) atoms. The number of furan rings is 1. The average molecular weight is 371 g/mol. The number of hydrogen-bond donors (Lipinski definition) is 2. The fourth-order valence-electron chi connectivity index (χ4n) is 2.12. The maximum atomic E-state index is 12.1. The van der Waals surface area contributed by atoms with Gasteiger partial charge in [-0.3, -0.25) is 9.59 Å². The summed E-state index contributed by atoms with van der Waals surface area (Å²) in [4.78, 5) is 23.9. The van der Waals surface area contributed by atoms with Crippen molar-refractivity contribution in [3.63, 3.8) is 0 Å². The third kappa shape index (κ3) is 6.03. The molecule has 2 aromatic rings. The van der Waals surface area contributed by atoms with Gasteiger partial charge < -0.3 is 19.2 Å². The number of carbonyl (C=O) groups excluding carboxylic acids is 2. The van der Waals surface area contributed by atoms with Crippen LogP contribution >= 0.6 is 0 Å². The molecule has 2 rings (SSSR count). The first-order valence-corrected chi connectivity index (χ1v) is 8.07. The number of carbonyl (C=O) groups is 2. The van der Waals surface area contributed by atoms with Crippen molar-refractivity contribution in [2.45, 2.75) is 6.92 Å². The molecule has 0 fully saturated rings. The third-order valence-corrected chi connectivity index (χ3v) is 3.43. The van der Waals surface area contributed by atoms with Crippen LogP contribution in [0.2, 0.25) is 0 Å². The van der Waals surface area contributed by atoms with Crippen LogP contribution < -0.4 is 20.2 Å². The maximum absolute atomic E-state index is 12.1. The molecular formula is C19H21N3O5. The van der Waals surface area contributed by atoms with E-state index >= 15 is 0 Å². The number of methoxy groups -OCH3 is 2. The Balaban J connectivity index is 1.83. The number of ether oxygens (including phenoxy) is 2. The lowest BCUT2D eigenvalue weighted by molar-refractivity contribution is -0.120. The summed E-state index contributed by atoms with van der Waals surface area (Å²) in [6, 6.07) is 8.31. The van der Waals surface area contributed by atoms with Crippen molar-refractivity contribution in [1.29, 1.82) is 0 Å².